The van der Waals surface area contributed by atoms with Gasteiger partial charge in [0.1, 0.15) is 0 Å². The molecule has 1 aromatic carbocycles. The lowest BCUT2D eigenvalue weighted by molar-refractivity contribution is -0.126. The highest BCUT2D eigenvalue weighted by atomic mass is 16.5. The third kappa shape index (κ3) is 6.58. The van der Waals surface area contributed by atoms with E-state index in [9.17, 15) is 9.59 Å². The molecule has 0 unspecified atom stereocenters. The molecule has 0 aliphatic heterocycles. The molecule has 0 spiro atoms. The molecule has 0 heterocycles. The largest absolute Gasteiger partial charge is 0.493 e. The Balaban J connectivity index is 1.64. The van der Waals surface area contributed by atoms with E-state index in [-0.39, 0.29) is 18.4 Å². The van der Waals surface area contributed by atoms with Gasteiger partial charge in [0.2, 0.25) is 11.8 Å². The molecular weight excluding hydrogens is 332 g/mol. The fourth-order valence-corrected chi connectivity index (χ4v) is 3.35. The summed E-state index contributed by atoms with van der Waals surface area (Å²) in [7, 11) is 3.19. The molecule has 1 aliphatic rings. The lowest BCUT2D eigenvalue weighted by atomic mass is 9.87. The van der Waals surface area contributed by atoms with Crippen LogP contribution in [0, 0.1) is 5.92 Å². The van der Waals surface area contributed by atoms with Crippen molar-refractivity contribution in [1.29, 1.82) is 0 Å². The van der Waals surface area contributed by atoms with E-state index >= 15 is 0 Å². The van der Waals surface area contributed by atoms with Gasteiger partial charge in [-0.05, 0) is 42.9 Å². The molecule has 1 aromatic rings. The van der Waals surface area contributed by atoms with E-state index in [1.54, 1.807) is 14.2 Å². The van der Waals surface area contributed by atoms with Gasteiger partial charge >= 0.3 is 0 Å². The number of hydrogen-bond acceptors (Lipinski definition) is 4. The second-order valence-corrected chi connectivity index (χ2v) is 6.77. The van der Waals surface area contributed by atoms with Crippen LogP contribution in [0.5, 0.6) is 11.5 Å². The van der Waals surface area contributed by atoms with Crippen LogP contribution in [-0.4, -0.2) is 39.1 Å². The summed E-state index contributed by atoms with van der Waals surface area (Å²) in [5.41, 5.74) is 1.05. The van der Waals surface area contributed by atoms with Gasteiger partial charge in [-0.25, -0.2) is 0 Å². The predicted octanol–water partition coefficient (Wildman–Crippen LogP) is 2.45. The standard InChI is InChI=1S/C20H30N2O4/c1-25-17-9-8-16(12-18(17)26-2)10-11-21-20(24)14-22-19(23)13-15-6-4-3-5-7-15/h8-9,12,15H,3-7,10-11,13-14H2,1-2H3,(H,21,24)(H,22,23). The highest BCUT2D eigenvalue weighted by Crippen LogP contribution is 2.27. The fourth-order valence-electron chi connectivity index (χ4n) is 3.35. The number of ether oxygens (including phenoxy) is 2. The summed E-state index contributed by atoms with van der Waals surface area (Å²) in [5.74, 6) is 1.65. The summed E-state index contributed by atoms with van der Waals surface area (Å²) >= 11 is 0. The SMILES string of the molecule is COc1ccc(CCNC(=O)CNC(=O)CC2CCCCC2)cc1OC. The van der Waals surface area contributed by atoms with Crippen molar-refractivity contribution in [1.82, 2.24) is 10.6 Å². The van der Waals surface area contributed by atoms with E-state index < -0.39 is 0 Å². The van der Waals surface area contributed by atoms with Crippen LogP contribution in [0.25, 0.3) is 0 Å². The van der Waals surface area contributed by atoms with Crippen LogP contribution in [0.1, 0.15) is 44.1 Å². The van der Waals surface area contributed by atoms with Crippen molar-refractivity contribution in [3.8, 4) is 11.5 Å². The molecule has 144 valence electrons. The Kier molecular flexibility index (Phi) is 8.25. The molecule has 6 nitrogen and oxygen atoms in total. The second kappa shape index (κ2) is 10.7. The normalized spacial score (nSPS) is 14.5. The van der Waals surface area contributed by atoms with Crippen molar-refractivity contribution >= 4 is 11.8 Å². The minimum Gasteiger partial charge on any atom is -0.493 e. The lowest BCUT2D eigenvalue weighted by Crippen LogP contribution is -2.38. The van der Waals surface area contributed by atoms with Crippen molar-refractivity contribution in [2.24, 2.45) is 5.92 Å². The molecule has 1 aliphatic carbocycles. The molecule has 0 radical (unpaired) electrons. The van der Waals surface area contributed by atoms with E-state index in [2.05, 4.69) is 10.6 Å². The first-order valence-corrected chi connectivity index (χ1v) is 9.36. The number of nitrogens with one attached hydrogen (secondary N) is 2. The van der Waals surface area contributed by atoms with Gasteiger partial charge in [-0.2, -0.15) is 0 Å². The molecule has 2 rings (SSSR count). The highest BCUT2D eigenvalue weighted by Gasteiger charge is 2.17. The number of hydrogen-bond donors (Lipinski definition) is 2. The maximum atomic E-state index is 11.9. The molecule has 26 heavy (non-hydrogen) atoms. The summed E-state index contributed by atoms with van der Waals surface area (Å²) in [6.07, 6.45) is 7.20. The lowest BCUT2D eigenvalue weighted by Gasteiger charge is -2.20. The number of carbonyl (C=O) groups excluding carboxylic acids is 2. The van der Waals surface area contributed by atoms with Gasteiger partial charge in [0, 0.05) is 13.0 Å². The zero-order chi connectivity index (χ0) is 18.8. The van der Waals surface area contributed by atoms with Crippen molar-refractivity contribution < 1.29 is 19.1 Å². The highest BCUT2D eigenvalue weighted by molar-refractivity contribution is 5.84. The second-order valence-electron chi connectivity index (χ2n) is 6.77. The molecule has 2 amide bonds. The van der Waals surface area contributed by atoms with Crippen molar-refractivity contribution in [2.45, 2.75) is 44.9 Å². The van der Waals surface area contributed by atoms with Gasteiger partial charge in [-0.3, -0.25) is 9.59 Å². The summed E-state index contributed by atoms with van der Waals surface area (Å²) in [6.45, 7) is 0.546. The average molecular weight is 362 g/mol. The number of benzene rings is 1. The van der Waals surface area contributed by atoms with E-state index in [0.29, 0.717) is 36.8 Å². The van der Waals surface area contributed by atoms with Crippen LogP contribution in [0.15, 0.2) is 18.2 Å². The Morgan fingerprint density at radius 1 is 1.00 bits per heavy atom. The Morgan fingerprint density at radius 3 is 2.42 bits per heavy atom. The number of methoxy groups -OCH3 is 2. The molecule has 0 bridgehead atoms. The smallest absolute Gasteiger partial charge is 0.239 e. The Bertz CT molecular complexity index is 597. The first-order chi connectivity index (χ1) is 12.6. The quantitative estimate of drug-likeness (QED) is 0.707. The fraction of sp³-hybridized carbons (Fsp3) is 0.600. The zero-order valence-electron chi connectivity index (χ0n) is 15.8. The first kappa shape index (κ1) is 20.1. The van der Waals surface area contributed by atoms with E-state index in [1.807, 2.05) is 18.2 Å². The van der Waals surface area contributed by atoms with Crippen molar-refractivity contribution in [3.63, 3.8) is 0 Å². The predicted molar refractivity (Wildman–Crippen MR) is 100 cm³/mol. The topological polar surface area (TPSA) is 76.7 Å². The number of rotatable bonds is 9. The molecule has 1 saturated carbocycles. The van der Waals surface area contributed by atoms with Crippen LogP contribution in [0.2, 0.25) is 0 Å². The summed E-state index contributed by atoms with van der Waals surface area (Å²) in [6, 6.07) is 5.69. The van der Waals surface area contributed by atoms with Crippen LogP contribution >= 0.6 is 0 Å². The van der Waals surface area contributed by atoms with Gasteiger partial charge in [0.25, 0.3) is 0 Å². The number of amides is 2. The Labute approximate surface area is 155 Å². The molecule has 0 atom stereocenters. The summed E-state index contributed by atoms with van der Waals surface area (Å²) in [4.78, 5) is 23.8. The maximum absolute atomic E-state index is 11.9. The molecule has 2 N–H and O–H groups in total. The van der Waals surface area contributed by atoms with Crippen molar-refractivity contribution in [2.75, 3.05) is 27.3 Å². The number of carbonyl (C=O) groups is 2. The Morgan fingerprint density at radius 2 is 1.73 bits per heavy atom. The third-order valence-corrected chi connectivity index (χ3v) is 4.83. The average Bonchev–Trinajstić information content (AvgIpc) is 2.67. The molecule has 0 aromatic heterocycles. The molecule has 0 saturated heterocycles. The molecule has 6 heteroatoms. The van der Waals surface area contributed by atoms with E-state index in [0.717, 1.165) is 18.4 Å². The zero-order valence-corrected chi connectivity index (χ0v) is 15.8. The molecular formula is C20H30N2O4. The van der Waals surface area contributed by atoms with Gasteiger partial charge in [0.15, 0.2) is 11.5 Å². The van der Waals surface area contributed by atoms with Crippen LogP contribution in [0.3, 0.4) is 0 Å². The van der Waals surface area contributed by atoms with Crippen LogP contribution in [-0.2, 0) is 16.0 Å². The van der Waals surface area contributed by atoms with Gasteiger partial charge in [0.05, 0.1) is 20.8 Å². The van der Waals surface area contributed by atoms with Gasteiger partial charge in [-0.1, -0.05) is 25.3 Å². The van der Waals surface area contributed by atoms with E-state index in [4.69, 9.17) is 9.47 Å². The van der Waals surface area contributed by atoms with Gasteiger partial charge < -0.3 is 20.1 Å². The van der Waals surface area contributed by atoms with E-state index in [1.165, 1.54) is 19.3 Å². The monoisotopic (exact) mass is 362 g/mol. The summed E-state index contributed by atoms with van der Waals surface area (Å²) in [5, 5.41) is 5.55. The van der Waals surface area contributed by atoms with Crippen molar-refractivity contribution in [3.05, 3.63) is 23.8 Å². The van der Waals surface area contributed by atoms with Crippen LogP contribution in [0.4, 0.5) is 0 Å². The first-order valence-electron chi connectivity index (χ1n) is 9.36. The third-order valence-electron chi connectivity index (χ3n) is 4.83. The van der Waals surface area contributed by atoms with Gasteiger partial charge in [-0.15, -0.1) is 0 Å². The maximum Gasteiger partial charge on any atom is 0.239 e. The summed E-state index contributed by atoms with van der Waals surface area (Å²) < 4.78 is 10.5. The Hall–Kier alpha value is -2.24. The minimum atomic E-state index is -0.164. The molecule has 1 fully saturated rings. The van der Waals surface area contributed by atoms with Crippen LogP contribution < -0.4 is 20.1 Å². The minimum absolute atomic E-state index is 0.0214.